The number of hydrogen-bond acceptors (Lipinski definition) is 3. The number of carbonyl (C=O) groups excluding carboxylic acids is 1. The number of fused-ring (bicyclic) bond motifs is 1. The number of hydrogen-bond donors (Lipinski definition) is 0. The molecule has 1 aromatic carbocycles. The van der Waals surface area contributed by atoms with Crippen molar-refractivity contribution in [1.29, 1.82) is 5.26 Å². The monoisotopic (exact) mass is 242 g/mol. The summed E-state index contributed by atoms with van der Waals surface area (Å²) >= 11 is 0. The van der Waals surface area contributed by atoms with Crippen LogP contribution in [0.25, 0.3) is 10.9 Å². The van der Waals surface area contributed by atoms with Gasteiger partial charge in [-0.25, -0.2) is 4.79 Å². The van der Waals surface area contributed by atoms with Crippen LogP contribution in [0.2, 0.25) is 0 Å². The number of nitrogens with zero attached hydrogens (tertiary/aromatic N) is 2. The van der Waals surface area contributed by atoms with Crippen LogP contribution in [0, 0.1) is 11.3 Å². The van der Waals surface area contributed by atoms with E-state index >= 15 is 0 Å². The molecule has 0 spiro atoms. The summed E-state index contributed by atoms with van der Waals surface area (Å²) in [5.41, 5.74) is 0.592. The summed E-state index contributed by atoms with van der Waals surface area (Å²) in [7, 11) is 0. The molecule has 1 heterocycles. The molecule has 0 amide bonds. The molecule has 1 aromatic heterocycles. The van der Waals surface area contributed by atoms with Gasteiger partial charge in [0.2, 0.25) is 0 Å². The topological polar surface area (TPSA) is 55.0 Å². The van der Waals surface area contributed by atoms with Gasteiger partial charge in [-0.1, -0.05) is 18.2 Å². The first-order chi connectivity index (χ1) is 8.42. The molecule has 0 aliphatic carbocycles. The van der Waals surface area contributed by atoms with Crippen LogP contribution in [0.5, 0.6) is 0 Å². The molecule has 92 valence electrons. The average molecular weight is 242 g/mol. The van der Waals surface area contributed by atoms with Crippen molar-refractivity contribution < 1.29 is 9.53 Å². The molecule has 0 aliphatic heterocycles. The molecule has 0 bridgehead atoms. The van der Waals surface area contributed by atoms with Crippen LogP contribution in [0.15, 0.2) is 30.5 Å². The summed E-state index contributed by atoms with van der Waals surface area (Å²) in [5.74, 6) is 0. The fraction of sp³-hybridized carbons (Fsp3) is 0.286. The Balaban J connectivity index is 2.53. The van der Waals surface area contributed by atoms with Crippen LogP contribution in [0.3, 0.4) is 0 Å². The molecule has 4 heteroatoms. The van der Waals surface area contributed by atoms with Crippen LogP contribution < -0.4 is 0 Å². The van der Waals surface area contributed by atoms with Gasteiger partial charge in [0.05, 0.1) is 11.1 Å². The van der Waals surface area contributed by atoms with E-state index in [0.717, 1.165) is 5.39 Å². The molecule has 0 fully saturated rings. The zero-order chi connectivity index (χ0) is 13.3. The molecule has 2 aromatic rings. The van der Waals surface area contributed by atoms with Gasteiger partial charge < -0.3 is 4.74 Å². The van der Waals surface area contributed by atoms with Crippen LogP contribution in [-0.4, -0.2) is 16.3 Å². The van der Waals surface area contributed by atoms with Gasteiger partial charge in [-0.05, 0) is 26.8 Å². The third-order valence-corrected chi connectivity index (χ3v) is 2.42. The zero-order valence-electron chi connectivity index (χ0n) is 10.6. The molecule has 4 nitrogen and oxygen atoms in total. The number of ether oxygens (including phenoxy) is 1. The smallest absolute Gasteiger partial charge is 0.419 e. The van der Waals surface area contributed by atoms with E-state index in [1.807, 2.05) is 39.0 Å². The standard InChI is InChI=1S/C14H14N2O2/c1-14(2,3)18-13(17)16-9-10(8-15)11-6-4-5-7-12(11)16/h4-7,9H,1-3H3. The van der Waals surface area contributed by atoms with Gasteiger partial charge in [0, 0.05) is 11.6 Å². The van der Waals surface area contributed by atoms with Gasteiger partial charge in [-0.15, -0.1) is 0 Å². The second-order valence-electron chi connectivity index (χ2n) is 5.02. The van der Waals surface area contributed by atoms with Gasteiger partial charge in [0.25, 0.3) is 0 Å². The minimum atomic E-state index is -0.560. The first kappa shape index (κ1) is 12.2. The summed E-state index contributed by atoms with van der Waals surface area (Å²) in [6, 6.07) is 9.35. The lowest BCUT2D eigenvalue weighted by Gasteiger charge is -2.19. The predicted molar refractivity (Wildman–Crippen MR) is 68.3 cm³/mol. The van der Waals surface area contributed by atoms with Gasteiger partial charge in [-0.3, -0.25) is 4.57 Å². The van der Waals surface area contributed by atoms with Crippen molar-refractivity contribution in [3.8, 4) is 6.07 Å². The highest BCUT2D eigenvalue weighted by Gasteiger charge is 2.20. The quantitative estimate of drug-likeness (QED) is 0.712. The number of nitriles is 1. The molecule has 18 heavy (non-hydrogen) atoms. The molecule has 2 rings (SSSR count). The SMILES string of the molecule is CC(C)(C)OC(=O)n1cc(C#N)c2ccccc21. The van der Waals surface area contributed by atoms with Crippen molar-refractivity contribution in [2.45, 2.75) is 26.4 Å². The number of aromatic nitrogens is 1. The van der Waals surface area contributed by atoms with E-state index in [0.29, 0.717) is 11.1 Å². The third-order valence-electron chi connectivity index (χ3n) is 2.42. The molecule has 0 radical (unpaired) electrons. The summed E-state index contributed by atoms with van der Waals surface area (Å²) in [4.78, 5) is 12.0. The van der Waals surface area contributed by atoms with Crippen LogP contribution >= 0.6 is 0 Å². The number of carbonyl (C=O) groups is 1. The van der Waals surface area contributed by atoms with Gasteiger partial charge >= 0.3 is 6.09 Å². The minimum absolute atomic E-state index is 0.469. The maximum Gasteiger partial charge on any atom is 0.419 e. The van der Waals surface area contributed by atoms with Crippen molar-refractivity contribution in [3.05, 3.63) is 36.0 Å². The van der Waals surface area contributed by atoms with Crippen LogP contribution in [-0.2, 0) is 4.74 Å². The highest BCUT2D eigenvalue weighted by atomic mass is 16.6. The number of para-hydroxylation sites is 1. The first-order valence-electron chi connectivity index (χ1n) is 5.66. The van der Waals surface area contributed by atoms with Crippen molar-refractivity contribution in [3.63, 3.8) is 0 Å². The highest BCUT2D eigenvalue weighted by Crippen LogP contribution is 2.21. The fourth-order valence-corrected chi connectivity index (χ4v) is 1.73. The van der Waals surface area contributed by atoms with Crippen molar-refractivity contribution >= 4 is 17.0 Å². The summed E-state index contributed by atoms with van der Waals surface area (Å²) in [5, 5.41) is 9.80. The lowest BCUT2D eigenvalue weighted by molar-refractivity contribution is 0.0544. The van der Waals surface area contributed by atoms with Crippen molar-refractivity contribution in [2.24, 2.45) is 0 Å². The number of benzene rings is 1. The minimum Gasteiger partial charge on any atom is -0.443 e. The Morgan fingerprint density at radius 2 is 2.00 bits per heavy atom. The summed E-state index contributed by atoms with van der Waals surface area (Å²) in [6.07, 6.45) is 1.04. The van der Waals surface area contributed by atoms with E-state index in [2.05, 4.69) is 6.07 Å². The van der Waals surface area contributed by atoms with E-state index in [1.165, 1.54) is 10.8 Å². The highest BCUT2D eigenvalue weighted by molar-refractivity contribution is 5.93. The van der Waals surface area contributed by atoms with E-state index in [1.54, 1.807) is 6.07 Å². The normalized spacial score (nSPS) is 11.2. The van der Waals surface area contributed by atoms with E-state index in [-0.39, 0.29) is 0 Å². The van der Waals surface area contributed by atoms with Crippen molar-refractivity contribution in [1.82, 2.24) is 4.57 Å². The lowest BCUT2D eigenvalue weighted by Crippen LogP contribution is -2.26. The van der Waals surface area contributed by atoms with E-state index in [4.69, 9.17) is 10.00 Å². The maximum atomic E-state index is 12.0. The maximum absolute atomic E-state index is 12.0. The number of rotatable bonds is 0. The van der Waals surface area contributed by atoms with Gasteiger partial charge in [0.15, 0.2) is 0 Å². The Hall–Kier alpha value is -2.28. The van der Waals surface area contributed by atoms with Crippen LogP contribution in [0.1, 0.15) is 26.3 Å². The van der Waals surface area contributed by atoms with E-state index in [9.17, 15) is 4.79 Å². The predicted octanol–water partition coefficient (Wildman–Crippen LogP) is 3.30. The Labute approximate surface area is 105 Å². The van der Waals surface area contributed by atoms with Gasteiger partial charge in [0.1, 0.15) is 11.7 Å². The third kappa shape index (κ3) is 2.21. The average Bonchev–Trinajstić information content (AvgIpc) is 2.65. The second-order valence-corrected chi connectivity index (χ2v) is 5.02. The summed E-state index contributed by atoms with van der Waals surface area (Å²) < 4.78 is 6.68. The molecule has 0 aliphatic rings. The molecular formula is C14H14N2O2. The largest absolute Gasteiger partial charge is 0.443 e. The molecule has 0 saturated heterocycles. The molecule has 0 N–H and O–H groups in total. The molecule has 0 unspecified atom stereocenters. The van der Waals surface area contributed by atoms with E-state index < -0.39 is 11.7 Å². The Morgan fingerprint density at radius 3 is 2.61 bits per heavy atom. The first-order valence-corrected chi connectivity index (χ1v) is 5.66. The Bertz CT molecular complexity index is 642. The van der Waals surface area contributed by atoms with Crippen molar-refractivity contribution in [2.75, 3.05) is 0 Å². The van der Waals surface area contributed by atoms with Crippen LogP contribution in [0.4, 0.5) is 4.79 Å². The second kappa shape index (κ2) is 4.19. The van der Waals surface area contributed by atoms with Gasteiger partial charge in [-0.2, -0.15) is 5.26 Å². The fourth-order valence-electron chi connectivity index (χ4n) is 1.73. The molecular weight excluding hydrogens is 228 g/mol. The Kier molecular flexibility index (Phi) is 2.84. The zero-order valence-corrected chi connectivity index (χ0v) is 10.6. The molecule has 0 atom stereocenters. The molecule has 0 saturated carbocycles. The summed E-state index contributed by atoms with van der Waals surface area (Å²) in [6.45, 7) is 5.42. The Morgan fingerprint density at radius 1 is 1.33 bits per heavy atom. The lowest BCUT2D eigenvalue weighted by atomic mass is 10.2.